The van der Waals surface area contributed by atoms with Gasteiger partial charge in [0.1, 0.15) is 18.1 Å². The molecule has 0 aliphatic carbocycles. The number of hydrogen-bond donors (Lipinski definition) is 1. The molecule has 0 bridgehead atoms. The van der Waals surface area contributed by atoms with Crippen molar-refractivity contribution in [2.45, 2.75) is 13.5 Å². The number of anilines is 1. The van der Waals surface area contributed by atoms with Gasteiger partial charge in [-0.3, -0.25) is 4.98 Å². The summed E-state index contributed by atoms with van der Waals surface area (Å²) in [7, 11) is 1.63. The van der Waals surface area contributed by atoms with Crippen molar-refractivity contribution in [1.29, 1.82) is 0 Å². The van der Waals surface area contributed by atoms with E-state index in [1.54, 1.807) is 13.2 Å². The summed E-state index contributed by atoms with van der Waals surface area (Å²) < 4.78 is 10.8. The number of aromatic nitrogens is 1. The molecule has 1 aromatic heterocycles. The third-order valence-corrected chi connectivity index (χ3v) is 2.51. The zero-order valence-corrected chi connectivity index (χ0v) is 10.5. The third-order valence-electron chi connectivity index (χ3n) is 2.51. The van der Waals surface area contributed by atoms with Crippen LogP contribution in [0, 0.1) is 6.92 Å². The lowest BCUT2D eigenvalue weighted by atomic mass is 10.3. The predicted octanol–water partition coefficient (Wildman–Crippen LogP) is 2.56. The molecular formula is C14H16N2O2. The molecule has 0 spiro atoms. The number of hydrogen-bond acceptors (Lipinski definition) is 4. The summed E-state index contributed by atoms with van der Waals surface area (Å²) in [6.45, 7) is 2.29. The van der Waals surface area contributed by atoms with Gasteiger partial charge in [0.25, 0.3) is 0 Å². The summed E-state index contributed by atoms with van der Waals surface area (Å²) >= 11 is 0. The predicted molar refractivity (Wildman–Crippen MR) is 70.7 cm³/mol. The van der Waals surface area contributed by atoms with Gasteiger partial charge in [-0.05, 0) is 19.1 Å². The number of benzene rings is 1. The van der Waals surface area contributed by atoms with Crippen molar-refractivity contribution >= 4 is 5.69 Å². The van der Waals surface area contributed by atoms with Crippen LogP contribution in [0.15, 0.2) is 36.4 Å². The Morgan fingerprint density at radius 2 is 2.00 bits per heavy atom. The molecule has 4 heteroatoms. The molecule has 0 saturated heterocycles. The second-order valence-corrected chi connectivity index (χ2v) is 3.97. The standard InChI is InChI=1S/C14H16N2O2/c1-10-7-12(17-2)8-11(16-10)9-18-14-6-4-3-5-13(14)15/h3-8H,9,15H2,1-2H3. The molecule has 2 rings (SSSR count). The van der Waals surface area contributed by atoms with E-state index in [-0.39, 0.29) is 0 Å². The average Bonchev–Trinajstić information content (AvgIpc) is 2.37. The number of rotatable bonds is 4. The van der Waals surface area contributed by atoms with E-state index in [0.29, 0.717) is 18.0 Å². The molecule has 0 fully saturated rings. The first kappa shape index (κ1) is 12.2. The third kappa shape index (κ3) is 2.91. The van der Waals surface area contributed by atoms with Crippen molar-refractivity contribution in [1.82, 2.24) is 4.98 Å². The second-order valence-electron chi connectivity index (χ2n) is 3.97. The fourth-order valence-corrected chi connectivity index (χ4v) is 1.66. The molecule has 18 heavy (non-hydrogen) atoms. The summed E-state index contributed by atoms with van der Waals surface area (Å²) in [5.74, 6) is 1.45. The van der Waals surface area contributed by atoms with Gasteiger partial charge in [-0.15, -0.1) is 0 Å². The van der Waals surface area contributed by atoms with Crippen LogP contribution in [0.1, 0.15) is 11.4 Å². The summed E-state index contributed by atoms with van der Waals surface area (Å²) in [6.07, 6.45) is 0. The van der Waals surface area contributed by atoms with Gasteiger partial charge in [0.2, 0.25) is 0 Å². The van der Waals surface area contributed by atoms with E-state index in [1.807, 2.05) is 37.3 Å². The summed E-state index contributed by atoms with van der Waals surface area (Å²) in [4.78, 5) is 4.38. The quantitative estimate of drug-likeness (QED) is 0.840. The minimum atomic E-state index is 0.367. The number of para-hydroxylation sites is 2. The lowest BCUT2D eigenvalue weighted by Crippen LogP contribution is -2.02. The molecule has 0 amide bonds. The Kier molecular flexibility index (Phi) is 3.67. The highest BCUT2D eigenvalue weighted by Crippen LogP contribution is 2.21. The highest BCUT2D eigenvalue weighted by Gasteiger charge is 2.03. The average molecular weight is 244 g/mol. The molecule has 1 aromatic carbocycles. The van der Waals surface area contributed by atoms with Crippen LogP contribution in [0.5, 0.6) is 11.5 Å². The van der Waals surface area contributed by atoms with Crippen molar-refractivity contribution in [3.8, 4) is 11.5 Å². The fourth-order valence-electron chi connectivity index (χ4n) is 1.66. The maximum absolute atomic E-state index is 5.80. The molecule has 0 aliphatic rings. The molecule has 94 valence electrons. The Morgan fingerprint density at radius 3 is 2.72 bits per heavy atom. The SMILES string of the molecule is COc1cc(C)nc(COc2ccccc2N)c1. The fraction of sp³-hybridized carbons (Fsp3) is 0.214. The van der Waals surface area contributed by atoms with Crippen LogP contribution in [0.4, 0.5) is 5.69 Å². The van der Waals surface area contributed by atoms with Crippen LogP contribution in [0.25, 0.3) is 0 Å². The number of ether oxygens (including phenoxy) is 2. The van der Waals surface area contributed by atoms with Gasteiger partial charge in [-0.25, -0.2) is 0 Å². The van der Waals surface area contributed by atoms with E-state index in [9.17, 15) is 0 Å². The van der Waals surface area contributed by atoms with Crippen LogP contribution in [-0.4, -0.2) is 12.1 Å². The molecule has 0 saturated carbocycles. The zero-order valence-electron chi connectivity index (χ0n) is 10.5. The van der Waals surface area contributed by atoms with Crippen LogP contribution >= 0.6 is 0 Å². The van der Waals surface area contributed by atoms with Gasteiger partial charge in [0.15, 0.2) is 0 Å². The minimum absolute atomic E-state index is 0.367. The van der Waals surface area contributed by atoms with Crippen molar-refractivity contribution in [2.24, 2.45) is 0 Å². The second kappa shape index (κ2) is 5.40. The lowest BCUT2D eigenvalue weighted by molar-refractivity contribution is 0.301. The molecule has 2 N–H and O–H groups in total. The Labute approximate surface area is 106 Å². The van der Waals surface area contributed by atoms with E-state index in [2.05, 4.69) is 4.98 Å². The van der Waals surface area contributed by atoms with Crippen LogP contribution in [0.2, 0.25) is 0 Å². The smallest absolute Gasteiger partial charge is 0.142 e. The monoisotopic (exact) mass is 244 g/mol. The molecular weight excluding hydrogens is 228 g/mol. The van der Waals surface area contributed by atoms with Gasteiger partial charge < -0.3 is 15.2 Å². The van der Waals surface area contributed by atoms with Gasteiger partial charge in [-0.1, -0.05) is 12.1 Å². The Bertz CT molecular complexity index is 541. The topological polar surface area (TPSA) is 57.4 Å². The molecule has 0 atom stereocenters. The molecule has 2 aromatic rings. The summed E-state index contributed by atoms with van der Waals surface area (Å²) in [5.41, 5.74) is 8.14. The van der Waals surface area contributed by atoms with Crippen molar-refractivity contribution in [2.75, 3.05) is 12.8 Å². The minimum Gasteiger partial charge on any atom is -0.497 e. The van der Waals surface area contributed by atoms with Gasteiger partial charge >= 0.3 is 0 Å². The molecule has 0 unspecified atom stereocenters. The molecule has 4 nitrogen and oxygen atoms in total. The first-order valence-corrected chi connectivity index (χ1v) is 5.68. The maximum atomic E-state index is 5.80. The van der Waals surface area contributed by atoms with E-state index < -0.39 is 0 Å². The highest BCUT2D eigenvalue weighted by atomic mass is 16.5. The van der Waals surface area contributed by atoms with Crippen LogP contribution in [-0.2, 0) is 6.61 Å². The van der Waals surface area contributed by atoms with E-state index in [0.717, 1.165) is 17.1 Å². The van der Waals surface area contributed by atoms with Gasteiger partial charge in [0, 0.05) is 17.8 Å². The highest BCUT2D eigenvalue weighted by molar-refractivity contribution is 5.51. The van der Waals surface area contributed by atoms with E-state index >= 15 is 0 Å². The number of nitrogen functional groups attached to an aromatic ring is 1. The number of pyridine rings is 1. The van der Waals surface area contributed by atoms with Crippen molar-refractivity contribution in [3.05, 3.63) is 47.8 Å². The van der Waals surface area contributed by atoms with Crippen LogP contribution in [0.3, 0.4) is 0 Å². The first-order chi connectivity index (χ1) is 8.69. The Hall–Kier alpha value is -2.23. The van der Waals surface area contributed by atoms with Crippen molar-refractivity contribution < 1.29 is 9.47 Å². The molecule has 0 aliphatic heterocycles. The number of aryl methyl sites for hydroxylation is 1. The van der Waals surface area contributed by atoms with Gasteiger partial charge in [-0.2, -0.15) is 0 Å². The van der Waals surface area contributed by atoms with Crippen molar-refractivity contribution in [3.63, 3.8) is 0 Å². The Morgan fingerprint density at radius 1 is 1.22 bits per heavy atom. The summed E-state index contributed by atoms with van der Waals surface area (Å²) in [5, 5.41) is 0. The zero-order chi connectivity index (χ0) is 13.0. The van der Waals surface area contributed by atoms with E-state index in [1.165, 1.54) is 0 Å². The lowest BCUT2D eigenvalue weighted by Gasteiger charge is -2.09. The Balaban J connectivity index is 2.11. The number of nitrogens with two attached hydrogens (primary N) is 1. The van der Waals surface area contributed by atoms with Gasteiger partial charge in [0.05, 0.1) is 18.5 Å². The van der Waals surface area contributed by atoms with E-state index in [4.69, 9.17) is 15.2 Å². The largest absolute Gasteiger partial charge is 0.497 e. The maximum Gasteiger partial charge on any atom is 0.142 e. The normalized spacial score (nSPS) is 10.1. The first-order valence-electron chi connectivity index (χ1n) is 5.68. The summed E-state index contributed by atoms with van der Waals surface area (Å²) in [6, 6.07) is 11.1. The molecule has 0 radical (unpaired) electrons. The number of methoxy groups -OCH3 is 1. The van der Waals surface area contributed by atoms with Crippen LogP contribution < -0.4 is 15.2 Å². The molecule has 1 heterocycles. The number of nitrogens with zero attached hydrogens (tertiary/aromatic N) is 1.